The maximum Gasteiger partial charge on any atom is 0.248 e. The van der Waals surface area contributed by atoms with Crippen LogP contribution in [0, 0.1) is 6.92 Å². The zero-order chi connectivity index (χ0) is 15.2. The molecule has 0 fully saturated rings. The molecule has 0 aliphatic heterocycles. The molecule has 0 aliphatic carbocycles. The molecule has 0 bridgehead atoms. The van der Waals surface area contributed by atoms with E-state index in [2.05, 4.69) is 21.2 Å². The van der Waals surface area contributed by atoms with Crippen LogP contribution in [0.5, 0.6) is 0 Å². The number of hydrogen-bond acceptors (Lipinski definition) is 2. The van der Waals surface area contributed by atoms with Crippen molar-refractivity contribution in [3.05, 3.63) is 69.7 Å². The fourth-order valence-electron chi connectivity index (χ4n) is 1.85. The van der Waals surface area contributed by atoms with Gasteiger partial charge in [0.05, 0.1) is 6.61 Å². The summed E-state index contributed by atoms with van der Waals surface area (Å²) in [5.74, 6) is -0.205. The van der Waals surface area contributed by atoms with E-state index in [9.17, 15) is 4.79 Å². The third-order valence-electron chi connectivity index (χ3n) is 3.06. The van der Waals surface area contributed by atoms with Crippen molar-refractivity contribution in [2.24, 2.45) is 0 Å². The van der Waals surface area contributed by atoms with Crippen molar-refractivity contribution in [2.45, 2.75) is 13.5 Å². The van der Waals surface area contributed by atoms with Crippen LogP contribution in [-0.4, -0.2) is 11.0 Å². The average Bonchev–Trinajstić information content (AvgIpc) is 2.48. The highest BCUT2D eigenvalue weighted by Gasteiger charge is 2.03. The molecule has 0 atom stereocenters. The number of benzene rings is 2. The van der Waals surface area contributed by atoms with E-state index in [0.717, 1.165) is 21.2 Å². The van der Waals surface area contributed by atoms with Gasteiger partial charge in [-0.1, -0.05) is 46.3 Å². The van der Waals surface area contributed by atoms with E-state index in [1.165, 1.54) is 6.08 Å². The lowest BCUT2D eigenvalue weighted by atomic mass is 10.1. The summed E-state index contributed by atoms with van der Waals surface area (Å²) in [6.07, 6.45) is 3.25. The Hall–Kier alpha value is -1.91. The van der Waals surface area contributed by atoms with Crippen LogP contribution in [0.1, 0.15) is 16.7 Å². The average molecular weight is 346 g/mol. The quantitative estimate of drug-likeness (QED) is 0.825. The predicted octanol–water partition coefficient (Wildman–Crippen LogP) is 3.90. The molecule has 0 unspecified atom stereocenters. The highest BCUT2D eigenvalue weighted by Crippen LogP contribution is 2.19. The molecule has 2 rings (SSSR count). The lowest BCUT2D eigenvalue weighted by molar-refractivity contribution is -0.111. The van der Waals surface area contributed by atoms with Crippen molar-refractivity contribution >= 4 is 33.6 Å². The van der Waals surface area contributed by atoms with Crippen molar-refractivity contribution in [1.29, 1.82) is 0 Å². The molecule has 0 aliphatic rings. The second-order valence-corrected chi connectivity index (χ2v) is 5.51. The molecule has 108 valence electrons. The largest absolute Gasteiger partial charge is 0.392 e. The van der Waals surface area contributed by atoms with E-state index in [1.807, 2.05) is 43.3 Å². The molecular formula is C17H16BrNO2. The molecule has 0 heterocycles. The lowest BCUT2D eigenvalue weighted by Crippen LogP contribution is -2.09. The number of aliphatic hydroxyl groups is 1. The molecule has 1 amide bonds. The van der Waals surface area contributed by atoms with Gasteiger partial charge in [0.2, 0.25) is 5.91 Å². The summed E-state index contributed by atoms with van der Waals surface area (Å²) in [6, 6.07) is 13.2. The summed E-state index contributed by atoms with van der Waals surface area (Å²) in [5.41, 5.74) is 3.37. The number of hydrogen-bond donors (Lipinski definition) is 2. The number of carbonyl (C=O) groups excluding carboxylic acids is 1. The summed E-state index contributed by atoms with van der Waals surface area (Å²) in [6.45, 7) is 1.87. The summed E-state index contributed by atoms with van der Waals surface area (Å²) >= 11 is 3.43. The third kappa shape index (κ3) is 4.28. The van der Waals surface area contributed by atoms with Crippen molar-refractivity contribution in [3.8, 4) is 0 Å². The SMILES string of the molecule is Cc1ccc(CO)cc1NC(=O)/C=C/c1ccccc1Br. The van der Waals surface area contributed by atoms with Gasteiger partial charge in [0.15, 0.2) is 0 Å². The van der Waals surface area contributed by atoms with Gasteiger partial charge < -0.3 is 10.4 Å². The molecule has 0 radical (unpaired) electrons. The first-order chi connectivity index (χ1) is 10.1. The molecule has 0 aromatic heterocycles. The Labute approximate surface area is 132 Å². The van der Waals surface area contributed by atoms with Crippen LogP contribution in [0.25, 0.3) is 6.08 Å². The number of carbonyl (C=O) groups is 1. The maximum atomic E-state index is 12.0. The molecule has 2 aromatic carbocycles. The first-order valence-electron chi connectivity index (χ1n) is 6.54. The predicted molar refractivity (Wildman–Crippen MR) is 88.9 cm³/mol. The Bertz CT molecular complexity index is 680. The van der Waals surface area contributed by atoms with E-state index in [0.29, 0.717) is 5.69 Å². The summed E-state index contributed by atoms with van der Waals surface area (Å²) < 4.78 is 0.938. The highest BCUT2D eigenvalue weighted by atomic mass is 79.9. The first-order valence-corrected chi connectivity index (χ1v) is 7.33. The second kappa shape index (κ2) is 7.20. The van der Waals surface area contributed by atoms with Crippen LogP contribution in [0.3, 0.4) is 0 Å². The maximum absolute atomic E-state index is 12.0. The Morgan fingerprint density at radius 1 is 1.29 bits per heavy atom. The minimum atomic E-state index is -0.205. The zero-order valence-electron chi connectivity index (χ0n) is 11.6. The third-order valence-corrected chi connectivity index (χ3v) is 3.78. The number of nitrogens with one attached hydrogen (secondary N) is 1. The molecular weight excluding hydrogens is 330 g/mol. The van der Waals surface area contributed by atoms with Gasteiger partial charge in [-0.3, -0.25) is 4.79 Å². The summed E-state index contributed by atoms with van der Waals surface area (Å²) in [5, 5.41) is 12.0. The van der Waals surface area contributed by atoms with Gasteiger partial charge in [0, 0.05) is 16.2 Å². The number of anilines is 1. The Morgan fingerprint density at radius 3 is 2.76 bits per heavy atom. The number of halogens is 1. The van der Waals surface area contributed by atoms with Gasteiger partial charge in [0.1, 0.15) is 0 Å². The van der Waals surface area contributed by atoms with Crippen LogP contribution in [0.15, 0.2) is 53.0 Å². The smallest absolute Gasteiger partial charge is 0.248 e. The van der Waals surface area contributed by atoms with Gasteiger partial charge in [-0.15, -0.1) is 0 Å². The molecule has 4 heteroatoms. The van der Waals surface area contributed by atoms with E-state index in [1.54, 1.807) is 12.1 Å². The number of amides is 1. The second-order valence-electron chi connectivity index (χ2n) is 4.65. The Balaban J connectivity index is 2.10. The van der Waals surface area contributed by atoms with Crippen LogP contribution in [-0.2, 0) is 11.4 Å². The highest BCUT2D eigenvalue weighted by molar-refractivity contribution is 9.10. The van der Waals surface area contributed by atoms with Crippen molar-refractivity contribution < 1.29 is 9.90 Å². The van der Waals surface area contributed by atoms with Gasteiger partial charge in [-0.25, -0.2) is 0 Å². The molecule has 0 saturated heterocycles. The van der Waals surface area contributed by atoms with Crippen molar-refractivity contribution in [2.75, 3.05) is 5.32 Å². The fourth-order valence-corrected chi connectivity index (χ4v) is 2.27. The van der Waals surface area contributed by atoms with Crippen molar-refractivity contribution in [3.63, 3.8) is 0 Å². The first kappa shape index (κ1) is 15.5. The Morgan fingerprint density at radius 2 is 2.05 bits per heavy atom. The molecule has 2 aromatic rings. The summed E-state index contributed by atoms with van der Waals surface area (Å²) in [7, 11) is 0. The van der Waals surface area contributed by atoms with Gasteiger partial charge in [-0.2, -0.15) is 0 Å². The normalized spacial score (nSPS) is 10.8. The van der Waals surface area contributed by atoms with E-state index in [-0.39, 0.29) is 12.5 Å². The topological polar surface area (TPSA) is 49.3 Å². The summed E-state index contributed by atoms with van der Waals surface area (Å²) in [4.78, 5) is 12.0. The van der Waals surface area contributed by atoms with Gasteiger partial charge in [0.25, 0.3) is 0 Å². The molecule has 0 saturated carbocycles. The van der Waals surface area contributed by atoms with E-state index < -0.39 is 0 Å². The number of aryl methyl sites for hydroxylation is 1. The molecule has 21 heavy (non-hydrogen) atoms. The van der Waals surface area contributed by atoms with Crippen LogP contribution < -0.4 is 5.32 Å². The van der Waals surface area contributed by atoms with Crippen molar-refractivity contribution in [1.82, 2.24) is 0 Å². The van der Waals surface area contributed by atoms with E-state index in [4.69, 9.17) is 5.11 Å². The van der Waals surface area contributed by atoms with Crippen LogP contribution in [0.2, 0.25) is 0 Å². The minimum absolute atomic E-state index is 0.0457. The fraction of sp³-hybridized carbons (Fsp3) is 0.118. The van der Waals surface area contributed by atoms with Crippen LogP contribution in [0.4, 0.5) is 5.69 Å². The Kier molecular flexibility index (Phi) is 5.31. The molecule has 2 N–H and O–H groups in total. The van der Waals surface area contributed by atoms with Crippen LogP contribution >= 0.6 is 15.9 Å². The molecule has 3 nitrogen and oxygen atoms in total. The lowest BCUT2D eigenvalue weighted by Gasteiger charge is -2.08. The van der Waals surface area contributed by atoms with E-state index >= 15 is 0 Å². The van der Waals surface area contributed by atoms with Gasteiger partial charge in [-0.05, 0) is 41.8 Å². The van der Waals surface area contributed by atoms with Gasteiger partial charge >= 0.3 is 0 Å². The monoisotopic (exact) mass is 345 g/mol. The zero-order valence-corrected chi connectivity index (χ0v) is 13.2. The molecule has 0 spiro atoms. The standard InChI is InChI=1S/C17H16BrNO2/c1-12-6-7-13(11-20)10-16(12)19-17(21)9-8-14-4-2-3-5-15(14)18/h2-10,20H,11H2,1H3,(H,19,21)/b9-8+. The number of rotatable bonds is 4. The minimum Gasteiger partial charge on any atom is -0.392 e. The number of aliphatic hydroxyl groups excluding tert-OH is 1.